The first-order valence-corrected chi connectivity index (χ1v) is 8.27. The molecule has 4 rings (SSSR count). The summed E-state index contributed by atoms with van der Waals surface area (Å²) in [7, 11) is 0. The summed E-state index contributed by atoms with van der Waals surface area (Å²) in [5, 5.41) is 0. The van der Waals surface area contributed by atoms with Crippen LogP contribution in [0.5, 0.6) is 23.0 Å². The van der Waals surface area contributed by atoms with E-state index in [1.807, 2.05) is 6.07 Å². The van der Waals surface area contributed by atoms with Gasteiger partial charge in [0.2, 0.25) is 6.79 Å². The standard InChI is InChI=1S/C19H16N2O6/c22-18(6-2-12-1-4-14-16(9-12)25-8-7-24-14)20-21-19(23)13-3-5-15-17(10-13)27-11-26-15/h1-6,9-10H,7-8,11H2,(H,20,22)(H,21,23)/b6-2+. The molecule has 27 heavy (non-hydrogen) atoms. The van der Waals surface area contributed by atoms with Crippen molar-refractivity contribution < 1.29 is 28.5 Å². The molecule has 0 aromatic heterocycles. The number of fused-ring (bicyclic) bond motifs is 2. The van der Waals surface area contributed by atoms with Crippen molar-refractivity contribution in [3.8, 4) is 23.0 Å². The van der Waals surface area contributed by atoms with Crippen molar-refractivity contribution in [1.29, 1.82) is 0 Å². The molecule has 0 bridgehead atoms. The first-order chi connectivity index (χ1) is 13.2. The van der Waals surface area contributed by atoms with Crippen LogP contribution in [0.25, 0.3) is 6.08 Å². The SMILES string of the molecule is O=C(/C=C/c1ccc2c(c1)OCCO2)NNC(=O)c1ccc2c(c1)OCO2. The summed E-state index contributed by atoms with van der Waals surface area (Å²) in [6, 6.07) is 10.1. The van der Waals surface area contributed by atoms with Crippen LogP contribution in [0.4, 0.5) is 0 Å². The van der Waals surface area contributed by atoms with Crippen LogP contribution < -0.4 is 29.8 Å². The van der Waals surface area contributed by atoms with Gasteiger partial charge in [0.15, 0.2) is 23.0 Å². The number of rotatable bonds is 3. The van der Waals surface area contributed by atoms with Gasteiger partial charge in [-0.25, -0.2) is 0 Å². The molecule has 2 heterocycles. The Bertz CT molecular complexity index is 924. The molecular formula is C19H16N2O6. The van der Waals surface area contributed by atoms with E-state index in [0.717, 1.165) is 5.56 Å². The maximum atomic E-state index is 12.1. The largest absolute Gasteiger partial charge is 0.486 e. The predicted molar refractivity (Wildman–Crippen MR) is 94.6 cm³/mol. The van der Waals surface area contributed by atoms with Gasteiger partial charge in [-0.15, -0.1) is 0 Å². The van der Waals surface area contributed by atoms with Gasteiger partial charge < -0.3 is 18.9 Å². The topological polar surface area (TPSA) is 95.1 Å². The Morgan fingerprint density at radius 1 is 0.815 bits per heavy atom. The summed E-state index contributed by atoms with van der Waals surface area (Å²) >= 11 is 0. The molecular weight excluding hydrogens is 352 g/mol. The summed E-state index contributed by atoms with van der Waals surface area (Å²) < 4.78 is 21.4. The van der Waals surface area contributed by atoms with Gasteiger partial charge in [-0.3, -0.25) is 20.4 Å². The summed E-state index contributed by atoms with van der Waals surface area (Å²) in [6.45, 7) is 1.14. The van der Waals surface area contributed by atoms with E-state index in [-0.39, 0.29) is 6.79 Å². The molecule has 2 aliphatic rings. The number of hydrogen-bond acceptors (Lipinski definition) is 6. The second-order valence-corrected chi connectivity index (χ2v) is 5.75. The Hall–Kier alpha value is -3.68. The van der Waals surface area contributed by atoms with Crippen LogP contribution in [0, 0.1) is 0 Å². The molecule has 2 aromatic carbocycles. The zero-order valence-corrected chi connectivity index (χ0v) is 14.2. The molecule has 0 saturated heterocycles. The maximum absolute atomic E-state index is 12.1. The van der Waals surface area contributed by atoms with E-state index < -0.39 is 11.8 Å². The molecule has 0 unspecified atom stereocenters. The molecule has 0 aliphatic carbocycles. The minimum absolute atomic E-state index is 0.127. The Morgan fingerprint density at radius 3 is 2.41 bits per heavy atom. The molecule has 0 saturated carbocycles. The molecule has 0 atom stereocenters. The van der Waals surface area contributed by atoms with Crippen molar-refractivity contribution in [1.82, 2.24) is 10.9 Å². The van der Waals surface area contributed by atoms with Crippen LogP contribution in [0.3, 0.4) is 0 Å². The quantitative estimate of drug-likeness (QED) is 0.632. The summed E-state index contributed by atoms with van der Waals surface area (Å²) in [5.74, 6) is 1.46. The van der Waals surface area contributed by atoms with E-state index in [4.69, 9.17) is 18.9 Å². The Morgan fingerprint density at radius 2 is 1.52 bits per heavy atom. The fraction of sp³-hybridized carbons (Fsp3) is 0.158. The lowest BCUT2D eigenvalue weighted by atomic mass is 10.2. The first kappa shape index (κ1) is 16.8. The predicted octanol–water partition coefficient (Wildman–Crippen LogP) is 1.66. The lowest BCUT2D eigenvalue weighted by Gasteiger charge is -2.18. The van der Waals surface area contributed by atoms with Gasteiger partial charge in [-0.1, -0.05) is 6.07 Å². The van der Waals surface area contributed by atoms with Crippen molar-refractivity contribution in [2.24, 2.45) is 0 Å². The van der Waals surface area contributed by atoms with E-state index in [1.165, 1.54) is 6.08 Å². The number of hydrogen-bond donors (Lipinski definition) is 2. The maximum Gasteiger partial charge on any atom is 0.269 e. The number of nitrogens with one attached hydrogen (secondary N) is 2. The minimum atomic E-state index is -0.473. The van der Waals surface area contributed by atoms with Crippen molar-refractivity contribution in [2.75, 3.05) is 20.0 Å². The molecule has 0 radical (unpaired) electrons. The minimum Gasteiger partial charge on any atom is -0.486 e. The lowest BCUT2D eigenvalue weighted by Crippen LogP contribution is -2.40. The van der Waals surface area contributed by atoms with Crippen LogP contribution in [-0.2, 0) is 4.79 Å². The highest BCUT2D eigenvalue weighted by atomic mass is 16.7. The van der Waals surface area contributed by atoms with Gasteiger partial charge in [-0.2, -0.15) is 0 Å². The zero-order chi connectivity index (χ0) is 18.6. The van der Waals surface area contributed by atoms with E-state index in [1.54, 1.807) is 36.4 Å². The highest BCUT2D eigenvalue weighted by molar-refractivity contribution is 5.98. The molecule has 2 amide bonds. The van der Waals surface area contributed by atoms with Gasteiger partial charge in [0.05, 0.1) is 0 Å². The lowest BCUT2D eigenvalue weighted by molar-refractivity contribution is -0.117. The summed E-state index contributed by atoms with van der Waals surface area (Å²) in [6.07, 6.45) is 2.92. The fourth-order valence-electron chi connectivity index (χ4n) is 2.61. The monoisotopic (exact) mass is 368 g/mol. The van der Waals surface area contributed by atoms with Gasteiger partial charge >= 0.3 is 0 Å². The Balaban J connectivity index is 1.33. The first-order valence-electron chi connectivity index (χ1n) is 8.27. The smallest absolute Gasteiger partial charge is 0.269 e. The fourth-order valence-corrected chi connectivity index (χ4v) is 2.61. The number of benzene rings is 2. The van der Waals surface area contributed by atoms with Crippen molar-refractivity contribution in [2.45, 2.75) is 0 Å². The third-order valence-electron chi connectivity index (χ3n) is 3.93. The Labute approximate surface area is 154 Å². The van der Waals surface area contributed by atoms with Gasteiger partial charge in [-0.05, 0) is 42.0 Å². The van der Waals surface area contributed by atoms with Crippen LogP contribution in [0.15, 0.2) is 42.5 Å². The van der Waals surface area contributed by atoms with E-state index in [0.29, 0.717) is 41.8 Å². The van der Waals surface area contributed by atoms with Crippen molar-refractivity contribution in [3.63, 3.8) is 0 Å². The third kappa shape index (κ3) is 3.79. The molecule has 2 aliphatic heterocycles. The van der Waals surface area contributed by atoms with E-state index in [2.05, 4.69) is 10.9 Å². The Kier molecular flexibility index (Phi) is 4.52. The normalized spacial score (nSPS) is 14.1. The molecule has 138 valence electrons. The second kappa shape index (κ2) is 7.28. The van der Waals surface area contributed by atoms with E-state index >= 15 is 0 Å². The number of carbonyl (C=O) groups excluding carboxylic acids is 2. The van der Waals surface area contributed by atoms with Crippen LogP contribution in [0.1, 0.15) is 15.9 Å². The summed E-state index contributed by atoms with van der Waals surface area (Å²) in [4.78, 5) is 24.0. The van der Waals surface area contributed by atoms with Crippen molar-refractivity contribution >= 4 is 17.9 Å². The highest BCUT2D eigenvalue weighted by Crippen LogP contribution is 2.32. The van der Waals surface area contributed by atoms with Crippen LogP contribution in [-0.4, -0.2) is 31.8 Å². The average molecular weight is 368 g/mol. The molecule has 2 N–H and O–H groups in total. The molecule has 0 fully saturated rings. The number of hydrazine groups is 1. The number of ether oxygens (including phenoxy) is 4. The molecule has 8 heteroatoms. The van der Waals surface area contributed by atoms with Gasteiger partial charge in [0.1, 0.15) is 13.2 Å². The number of carbonyl (C=O) groups is 2. The summed E-state index contributed by atoms with van der Waals surface area (Å²) in [5.41, 5.74) is 5.79. The molecule has 0 spiro atoms. The van der Waals surface area contributed by atoms with E-state index in [9.17, 15) is 9.59 Å². The zero-order valence-electron chi connectivity index (χ0n) is 14.2. The number of amides is 2. The molecule has 2 aromatic rings. The molecule has 8 nitrogen and oxygen atoms in total. The van der Waals surface area contributed by atoms with Crippen molar-refractivity contribution in [3.05, 3.63) is 53.6 Å². The van der Waals surface area contributed by atoms with Gasteiger partial charge in [0.25, 0.3) is 11.8 Å². The van der Waals surface area contributed by atoms with Crippen LogP contribution in [0.2, 0.25) is 0 Å². The second-order valence-electron chi connectivity index (χ2n) is 5.75. The highest BCUT2D eigenvalue weighted by Gasteiger charge is 2.16. The van der Waals surface area contributed by atoms with Gasteiger partial charge in [0, 0.05) is 11.6 Å². The van der Waals surface area contributed by atoms with Crippen LogP contribution >= 0.6 is 0 Å². The average Bonchev–Trinajstić information content (AvgIpc) is 3.18. The third-order valence-corrected chi connectivity index (χ3v) is 3.93.